The molecule has 4 nitrogen and oxygen atoms in total. The standard InChI is InChI=1S/C12H17BrN2O2/c13-11-5-1-3-10(9-11)4-2-6-14-12(17)15-7-8-16/h1,3,5,9,16H,2,4,6-8H2,(H2,14,15,17). The average Bonchev–Trinajstić information content (AvgIpc) is 2.32. The van der Waals surface area contributed by atoms with Crippen LogP contribution in [0.2, 0.25) is 0 Å². The molecule has 0 unspecified atom stereocenters. The van der Waals surface area contributed by atoms with Gasteiger partial charge in [0.2, 0.25) is 0 Å². The minimum absolute atomic E-state index is 0.0362. The van der Waals surface area contributed by atoms with Crippen molar-refractivity contribution in [1.29, 1.82) is 0 Å². The summed E-state index contributed by atoms with van der Waals surface area (Å²) in [7, 11) is 0. The Morgan fingerprint density at radius 2 is 2.06 bits per heavy atom. The van der Waals surface area contributed by atoms with Crippen LogP contribution in [-0.2, 0) is 6.42 Å². The first-order valence-electron chi connectivity index (χ1n) is 5.59. The molecule has 2 amide bonds. The van der Waals surface area contributed by atoms with Crippen molar-refractivity contribution in [3.8, 4) is 0 Å². The minimum Gasteiger partial charge on any atom is -0.395 e. The number of aliphatic hydroxyl groups is 1. The van der Waals surface area contributed by atoms with Gasteiger partial charge in [0.1, 0.15) is 0 Å². The number of carbonyl (C=O) groups excluding carboxylic acids is 1. The quantitative estimate of drug-likeness (QED) is 0.700. The predicted octanol–water partition coefficient (Wildman–Crippen LogP) is 1.67. The Kier molecular flexibility index (Phi) is 6.65. The van der Waals surface area contributed by atoms with Crippen LogP contribution in [0.1, 0.15) is 12.0 Å². The molecule has 1 aromatic carbocycles. The van der Waals surface area contributed by atoms with E-state index in [1.165, 1.54) is 5.56 Å². The Balaban J connectivity index is 2.14. The summed E-state index contributed by atoms with van der Waals surface area (Å²) in [4.78, 5) is 11.1. The van der Waals surface area contributed by atoms with Crippen LogP contribution in [0.4, 0.5) is 4.79 Å². The molecule has 0 aromatic heterocycles. The number of benzene rings is 1. The molecule has 0 atom stereocenters. The van der Waals surface area contributed by atoms with Gasteiger partial charge in [-0.2, -0.15) is 0 Å². The van der Waals surface area contributed by atoms with Crippen molar-refractivity contribution in [3.05, 3.63) is 34.3 Å². The number of carbonyl (C=O) groups is 1. The van der Waals surface area contributed by atoms with Crippen molar-refractivity contribution < 1.29 is 9.90 Å². The molecule has 1 rings (SSSR count). The van der Waals surface area contributed by atoms with Gasteiger partial charge in [0.15, 0.2) is 0 Å². The summed E-state index contributed by atoms with van der Waals surface area (Å²) in [5.74, 6) is 0. The summed E-state index contributed by atoms with van der Waals surface area (Å²) < 4.78 is 1.07. The van der Waals surface area contributed by atoms with E-state index in [0.717, 1.165) is 17.3 Å². The fraction of sp³-hybridized carbons (Fsp3) is 0.417. The van der Waals surface area contributed by atoms with Crippen LogP contribution in [0.15, 0.2) is 28.7 Å². The number of hydrogen-bond acceptors (Lipinski definition) is 2. The zero-order valence-corrected chi connectivity index (χ0v) is 11.2. The van der Waals surface area contributed by atoms with Gasteiger partial charge in [-0.3, -0.25) is 0 Å². The van der Waals surface area contributed by atoms with E-state index in [1.54, 1.807) is 0 Å². The van der Waals surface area contributed by atoms with E-state index in [9.17, 15) is 4.79 Å². The normalized spacial score (nSPS) is 10.0. The molecule has 0 fully saturated rings. The Bertz CT molecular complexity index is 358. The van der Waals surface area contributed by atoms with E-state index < -0.39 is 0 Å². The van der Waals surface area contributed by atoms with Gasteiger partial charge in [0.05, 0.1) is 6.61 Å². The first-order chi connectivity index (χ1) is 8.22. The third-order valence-electron chi connectivity index (χ3n) is 2.21. The molecule has 0 bridgehead atoms. The highest BCUT2D eigenvalue weighted by Gasteiger charge is 1.98. The Morgan fingerprint density at radius 3 is 2.76 bits per heavy atom. The van der Waals surface area contributed by atoms with E-state index in [4.69, 9.17) is 5.11 Å². The number of halogens is 1. The van der Waals surface area contributed by atoms with Crippen molar-refractivity contribution in [1.82, 2.24) is 10.6 Å². The molecule has 0 heterocycles. The van der Waals surface area contributed by atoms with Crippen molar-refractivity contribution in [2.24, 2.45) is 0 Å². The van der Waals surface area contributed by atoms with Crippen LogP contribution in [0, 0.1) is 0 Å². The Hall–Kier alpha value is -1.07. The second-order valence-corrected chi connectivity index (χ2v) is 4.56. The molecular formula is C12H17BrN2O2. The molecule has 1 aromatic rings. The fourth-order valence-electron chi connectivity index (χ4n) is 1.42. The van der Waals surface area contributed by atoms with Gasteiger partial charge >= 0.3 is 6.03 Å². The summed E-state index contributed by atoms with van der Waals surface area (Å²) in [6.45, 7) is 0.882. The second-order valence-electron chi connectivity index (χ2n) is 3.64. The summed E-state index contributed by atoms with van der Waals surface area (Å²) in [6.07, 6.45) is 1.82. The van der Waals surface area contributed by atoms with Gasteiger partial charge in [0, 0.05) is 17.6 Å². The lowest BCUT2D eigenvalue weighted by Gasteiger charge is -2.06. The molecule has 5 heteroatoms. The molecule has 0 aliphatic carbocycles. The molecule has 0 radical (unpaired) electrons. The number of amides is 2. The van der Waals surface area contributed by atoms with E-state index in [0.29, 0.717) is 6.54 Å². The average molecular weight is 301 g/mol. The minimum atomic E-state index is -0.228. The van der Waals surface area contributed by atoms with Crippen molar-refractivity contribution >= 4 is 22.0 Å². The SMILES string of the molecule is O=C(NCCO)NCCCc1cccc(Br)c1. The topological polar surface area (TPSA) is 61.4 Å². The first-order valence-corrected chi connectivity index (χ1v) is 6.38. The second kappa shape index (κ2) is 8.08. The molecule has 0 saturated heterocycles. The van der Waals surface area contributed by atoms with Crippen LogP contribution in [0.3, 0.4) is 0 Å². The van der Waals surface area contributed by atoms with E-state index >= 15 is 0 Å². The number of aliphatic hydroxyl groups excluding tert-OH is 1. The van der Waals surface area contributed by atoms with E-state index in [2.05, 4.69) is 38.7 Å². The maximum Gasteiger partial charge on any atom is 0.314 e. The third kappa shape index (κ3) is 6.28. The Morgan fingerprint density at radius 1 is 1.29 bits per heavy atom. The van der Waals surface area contributed by atoms with Crippen LogP contribution in [-0.4, -0.2) is 30.8 Å². The largest absolute Gasteiger partial charge is 0.395 e. The number of hydrogen-bond donors (Lipinski definition) is 3. The lowest BCUT2D eigenvalue weighted by molar-refractivity contribution is 0.234. The molecule has 0 aliphatic rings. The van der Waals surface area contributed by atoms with Crippen molar-refractivity contribution in [2.75, 3.05) is 19.7 Å². The molecule has 0 spiro atoms. The van der Waals surface area contributed by atoms with E-state index in [1.807, 2.05) is 12.1 Å². The smallest absolute Gasteiger partial charge is 0.314 e. The summed E-state index contributed by atoms with van der Waals surface area (Å²) >= 11 is 3.42. The highest BCUT2D eigenvalue weighted by atomic mass is 79.9. The predicted molar refractivity (Wildman–Crippen MR) is 71.0 cm³/mol. The molecule has 94 valence electrons. The third-order valence-corrected chi connectivity index (χ3v) is 2.71. The van der Waals surface area contributed by atoms with Crippen LogP contribution < -0.4 is 10.6 Å². The van der Waals surface area contributed by atoms with Gasteiger partial charge in [0.25, 0.3) is 0 Å². The molecular weight excluding hydrogens is 284 g/mol. The number of aryl methyl sites for hydroxylation is 1. The van der Waals surface area contributed by atoms with Gasteiger partial charge in [-0.15, -0.1) is 0 Å². The number of urea groups is 1. The molecule has 0 saturated carbocycles. The van der Waals surface area contributed by atoms with Crippen LogP contribution >= 0.6 is 15.9 Å². The summed E-state index contributed by atoms with van der Waals surface area (Å²) in [6, 6.07) is 7.90. The summed E-state index contributed by atoms with van der Waals surface area (Å²) in [5, 5.41) is 13.8. The fourth-order valence-corrected chi connectivity index (χ4v) is 1.87. The van der Waals surface area contributed by atoms with Gasteiger partial charge < -0.3 is 15.7 Å². The lowest BCUT2D eigenvalue weighted by atomic mass is 10.1. The van der Waals surface area contributed by atoms with Gasteiger partial charge in [-0.25, -0.2) is 4.79 Å². The van der Waals surface area contributed by atoms with Crippen molar-refractivity contribution in [2.45, 2.75) is 12.8 Å². The van der Waals surface area contributed by atoms with Gasteiger partial charge in [-0.1, -0.05) is 28.1 Å². The van der Waals surface area contributed by atoms with Crippen molar-refractivity contribution in [3.63, 3.8) is 0 Å². The number of rotatable bonds is 6. The van der Waals surface area contributed by atoms with Crippen LogP contribution in [0.25, 0.3) is 0 Å². The first kappa shape index (κ1) is 14.0. The van der Waals surface area contributed by atoms with Gasteiger partial charge in [-0.05, 0) is 30.5 Å². The van der Waals surface area contributed by atoms with Crippen LogP contribution in [0.5, 0.6) is 0 Å². The maximum absolute atomic E-state index is 11.1. The lowest BCUT2D eigenvalue weighted by Crippen LogP contribution is -2.37. The maximum atomic E-state index is 11.1. The monoisotopic (exact) mass is 300 g/mol. The summed E-state index contributed by atoms with van der Waals surface area (Å²) in [5.41, 5.74) is 1.25. The Labute approximate surface area is 110 Å². The van der Waals surface area contributed by atoms with E-state index in [-0.39, 0.29) is 19.2 Å². The molecule has 17 heavy (non-hydrogen) atoms. The zero-order chi connectivity index (χ0) is 12.5. The molecule has 0 aliphatic heterocycles. The highest BCUT2D eigenvalue weighted by molar-refractivity contribution is 9.10. The highest BCUT2D eigenvalue weighted by Crippen LogP contribution is 2.12. The number of nitrogens with one attached hydrogen (secondary N) is 2. The molecule has 3 N–H and O–H groups in total. The zero-order valence-electron chi connectivity index (χ0n) is 9.58.